The van der Waals surface area contributed by atoms with Gasteiger partial charge in [-0.05, 0) is 32.0 Å². The Morgan fingerprint density at radius 1 is 1.23 bits per heavy atom. The Bertz CT molecular complexity index is 521. The average molecular weight is 328 g/mol. The predicted octanol–water partition coefficient (Wildman–Crippen LogP) is 4.52. The zero-order valence-corrected chi connectivity index (χ0v) is 15.0. The number of amides is 1. The highest BCUT2D eigenvalue weighted by Gasteiger charge is 2.21. The van der Waals surface area contributed by atoms with Crippen LogP contribution in [-0.2, 0) is 9.53 Å². The van der Waals surface area contributed by atoms with Crippen molar-refractivity contribution in [1.29, 1.82) is 0 Å². The minimum atomic E-state index is -0.451. The van der Waals surface area contributed by atoms with Gasteiger partial charge < -0.3 is 14.8 Å². The van der Waals surface area contributed by atoms with E-state index in [1.165, 1.54) is 0 Å². The first-order valence-corrected chi connectivity index (χ1v) is 7.72. The summed E-state index contributed by atoms with van der Waals surface area (Å²) in [6, 6.07) is 5.24. The zero-order chi connectivity index (χ0) is 17.0. The number of methoxy groups -OCH3 is 1. The number of benzene rings is 1. The number of halogens is 1. The van der Waals surface area contributed by atoms with Gasteiger partial charge in [-0.25, -0.2) is 0 Å². The van der Waals surface area contributed by atoms with Crippen LogP contribution in [0.2, 0.25) is 5.02 Å². The maximum atomic E-state index is 11.9. The largest absolute Gasteiger partial charge is 0.492 e. The van der Waals surface area contributed by atoms with Crippen molar-refractivity contribution < 1.29 is 14.3 Å². The summed E-state index contributed by atoms with van der Waals surface area (Å²) in [6.45, 7) is 10.1. The molecule has 124 valence electrons. The first-order chi connectivity index (χ1) is 10.0. The number of nitrogens with one attached hydrogen (secondary N) is 1. The molecule has 0 atom stereocenters. The fraction of sp³-hybridized carbons (Fsp3) is 0.588. The molecule has 0 saturated carbocycles. The SMILES string of the molecule is COC(C)(C)CCOc1ccc(NC(=O)C(C)(C)C)cc1Cl. The lowest BCUT2D eigenvalue weighted by molar-refractivity contribution is -0.123. The van der Waals surface area contributed by atoms with Crippen LogP contribution < -0.4 is 10.1 Å². The summed E-state index contributed by atoms with van der Waals surface area (Å²) in [5.41, 5.74) is -0.0185. The number of carbonyl (C=O) groups excluding carboxylic acids is 1. The molecule has 0 saturated heterocycles. The summed E-state index contributed by atoms with van der Waals surface area (Å²) in [5.74, 6) is 0.543. The van der Waals surface area contributed by atoms with E-state index in [1.807, 2.05) is 34.6 Å². The zero-order valence-electron chi connectivity index (χ0n) is 14.2. The van der Waals surface area contributed by atoms with E-state index in [0.29, 0.717) is 23.1 Å². The van der Waals surface area contributed by atoms with Gasteiger partial charge in [0.25, 0.3) is 0 Å². The second-order valence-electron chi connectivity index (χ2n) is 6.91. The van der Waals surface area contributed by atoms with E-state index < -0.39 is 5.41 Å². The summed E-state index contributed by atoms with van der Waals surface area (Å²) >= 11 is 6.20. The lowest BCUT2D eigenvalue weighted by Gasteiger charge is -2.23. The number of rotatable bonds is 6. The minimum Gasteiger partial charge on any atom is -0.492 e. The van der Waals surface area contributed by atoms with Crippen LogP contribution in [0.1, 0.15) is 41.0 Å². The monoisotopic (exact) mass is 327 g/mol. The van der Waals surface area contributed by atoms with Gasteiger partial charge in [0.1, 0.15) is 5.75 Å². The first-order valence-electron chi connectivity index (χ1n) is 7.34. The lowest BCUT2D eigenvalue weighted by atomic mass is 9.95. The smallest absolute Gasteiger partial charge is 0.229 e. The second kappa shape index (κ2) is 7.34. The van der Waals surface area contributed by atoms with Gasteiger partial charge in [-0.1, -0.05) is 32.4 Å². The summed E-state index contributed by atoms with van der Waals surface area (Å²) in [7, 11) is 1.68. The Hall–Kier alpha value is -1.26. The third-order valence-electron chi connectivity index (χ3n) is 3.39. The Morgan fingerprint density at radius 2 is 1.86 bits per heavy atom. The van der Waals surface area contributed by atoms with Gasteiger partial charge in [-0.15, -0.1) is 0 Å². The highest BCUT2D eigenvalue weighted by Crippen LogP contribution is 2.29. The molecule has 0 heterocycles. The minimum absolute atomic E-state index is 0.0564. The normalized spacial score (nSPS) is 12.1. The molecular weight excluding hydrogens is 302 g/mol. The highest BCUT2D eigenvalue weighted by atomic mass is 35.5. The first kappa shape index (κ1) is 18.8. The molecule has 1 aromatic carbocycles. The Balaban J connectivity index is 2.65. The van der Waals surface area contributed by atoms with Crippen LogP contribution in [0.3, 0.4) is 0 Å². The van der Waals surface area contributed by atoms with E-state index in [0.717, 1.165) is 6.42 Å². The molecule has 0 bridgehead atoms. The van der Waals surface area contributed by atoms with Crippen molar-refractivity contribution in [3.05, 3.63) is 23.2 Å². The number of hydrogen-bond acceptors (Lipinski definition) is 3. The molecule has 0 aromatic heterocycles. The second-order valence-corrected chi connectivity index (χ2v) is 7.32. The maximum absolute atomic E-state index is 11.9. The van der Waals surface area contributed by atoms with Gasteiger partial charge in [0.2, 0.25) is 5.91 Å². The van der Waals surface area contributed by atoms with E-state index in [4.69, 9.17) is 21.1 Å². The molecule has 0 radical (unpaired) electrons. The molecule has 1 aromatic rings. The van der Waals surface area contributed by atoms with Gasteiger partial charge in [0, 0.05) is 24.6 Å². The van der Waals surface area contributed by atoms with E-state index in [-0.39, 0.29) is 11.5 Å². The molecule has 1 amide bonds. The maximum Gasteiger partial charge on any atom is 0.229 e. The molecule has 4 nitrogen and oxygen atoms in total. The van der Waals surface area contributed by atoms with Crippen molar-refractivity contribution in [3.63, 3.8) is 0 Å². The van der Waals surface area contributed by atoms with Crippen LogP contribution in [0.15, 0.2) is 18.2 Å². The van der Waals surface area contributed by atoms with E-state index >= 15 is 0 Å². The Kier molecular flexibility index (Phi) is 6.27. The molecule has 0 unspecified atom stereocenters. The van der Waals surface area contributed by atoms with Crippen LogP contribution in [0, 0.1) is 5.41 Å². The number of anilines is 1. The number of hydrogen-bond donors (Lipinski definition) is 1. The third kappa shape index (κ3) is 5.85. The van der Waals surface area contributed by atoms with Crippen molar-refractivity contribution in [3.8, 4) is 5.75 Å². The lowest BCUT2D eigenvalue weighted by Crippen LogP contribution is -2.27. The van der Waals surface area contributed by atoms with Gasteiger partial charge in [0.15, 0.2) is 0 Å². The van der Waals surface area contributed by atoms with Crippen LogP contribution in [0.5, 0.6) is 5.75 Å². The van der Waals surface area contributed by atoms with E-state index in [1.54, 1.807) is 25.3 Å². The predicted molar refractivity (Wildman–Crippen MR) is 90.7 cm³/mol. The van der Waals surface area contributed by atoms with Crippen LogP contribution >= 0.6 is 11.6 Å². The standard InChI is InChI=1S/C17H26ClNO3/c1-16(2,3)15(20)19-12-7-8-14(13(18)11-12)22-10-9-17(4,5)21-6/h7-8,11H,9-10H2,1-6H3,(H,19,20). The summed E-state index contributed by atoms with van der Waals surface area (Å²) in [4.78, 5) is 11.9. The molecule has 0 aliphatic heterocycles. The number of carbonyl (C=O) groups is 1. The van der Waals surface area contributed by atoms with Crippen molar-refractivity contribution in [2.24, 2.45) is 5.41 Å². The molecule has 0 aliphatic rings. The van der Waals surface area contributed by atoms with Crippen LogP contribution in [-0.4, -0.2) is 25.2 Å². The summed E-state index contributed by atoms with van der Waals surface area (Å²) in [6.07, 6.45) is 0.752. The highest BCUT2D eigenvalue weighted by molar-refractivity contribution is 6.32. The van der Waals surface area contributed by atoms with Gasteiger partial charge in [-0.3, -0.25) is 4.79 Å². The molecule has 0 aliphatic carbocycles. The van der Waals surface area contributed by atoms with Gasteiger partial charge in [-0.2, -0.15) is 0 Å². The Morgan fingerprint density at radius 3 is 2.36 bits per heavy atom. The summed E-state index contributed by atoms with van der Waals surface area (Å²) in [5, 5.41) is 3.31. The number of ether oxygens (including phenoxy) is 2. The molecule has 0 spiro atoms. The van der Waals surface area contributed by atoms with E-state index in [9.17, 15) is 4.79 Å². The molecule has 5 heteroatoms. The molecule has 1 rings (SSSR count). The third-order valence-corrected chi connectivity index (χ3v) is 3.68. The Labute approximate surface area is 138 Å². The van der Waals surface area contributed by atoms with Crippen molar-refractivity contribution in [2.75, 3.05) is 19.0 Å². The quantitative estimate of drug-likeness (QED) is 0.835. The van der Waals surface area contributed by atoms with Crippen molar-refractivity contribution >= 4 is 23.2 Å². The average Bonchev–Trinajstić information content (AvgIpc) is 2.40. The van der Waals surface area contributed by atoms with Crippen LogP contribution in [0.4, 0.5) is 5.69 Å². The van der Waals surface area contributed by atoms with E-state index in [2.05, 4.69) is 5.32 Å². The summed E-state index contributed by atoms with van der Waals surface area (Å²) < 4.78 is 11.0. The fourth-order valence-electron chi connectivity index (χ4n) is 1.52. The molecule has 0 fully saturated rings. The van der Waals surface area contributed by atoms with Gasteiger partial charge in [0.05, 0.1) is 17.2 Å². The van der Waals surface area contributed by atoms with Crippen LogP contribution in [0.25, 0.3) is 0 Å². The molecule has 1 N–H and O–H groups in total. The van der Waals surface area contributed by atoms with Crippen molar-refractivity contribution in [1.82, 2.24) is 0 Å². The fourth-order valence-corrected chi connectivity index (χ4v) is 1.76. The molecular formula is C17H26ClNO3. The molecule has 22 heavy (non-hydrogen) atoms. The van der Waals surface area contributed by atoms with Gasteiger partial charge >= 0.3 is 0 Å². The van der Waals surface area contributed by atoms with Crippen molar-refractivity contribution in [2.45, 2.75) is 46.6 Å². The topological polar surface area (TPSA) is 47.6 Å².